The van der Waals surface area contributed by atoms with Crippen LogP contribution in [0.2, 0.25) is 0 Å². The number of carbonyl (C=O) groups excluding carboxylic acids is 3. The van der Waals surface area contributed by atoms with E-state index in [2.05, 4.69) is 61.6 Å². The minimum atomic E-state index is -0.466. The monoisotopic (exact) mass is 716 g/mol. The van der Waals surface area contributed by atoms with Gasteiger partial charge in [-0.2, -0.15) is 0 Å². The zero-order valence-electron chi connectivity index (χ0n) is 26.4. The van der Waals surface area contributed by atoms with Crippen LogP contribution < -0.4 is 16.0 Å². The van der Waals surface area contributed by atoms with Crippen molar-refractivity contribution in [3.8, 4) is 0 Å². The van der Waals surface area contributed by atoms with E-state index in [0.717, 1.165) is 43.5 Å². The first-order valence-corrected chi connectivity index (χ1v) is 17.2. The van der Waals surface area contributed by atoms with Crippen molar-refractivity contribution in [2.24, 2.45) is 0 Å². The Labute approximate surface area is 291 Å². The molecular weight excluding hydrogens is 684 g/mol. The Morgan fingerprint density at radius 3 is 2.23 bits per heavy atom. The maximum atomic E-state index is 13.4. The fourth-order valence-corrected chi connectivity index (χ4v) is 6.78. The molecule has 0 bridgehead atoms. The quantitative estimate of drug-likeness (QED) is 0.0974. The predicted molar refractivity (Wildman–Crippen MR) is 200 cm³/mol. The summed E-state index contributed by atoms with van der Waals surface area (Å²) < 4.78 is 3.13. The highest BCUT2D eigenvalue weighted by molar-refractivity contribution is 9.10. The zero-order chi connectivity index (χ0) is 33.6. The van der Waals surface area contributed by atoms with Crippen LogP contribution in [0.5, 0.6) is 0 Å². The molecule has 240 valence electrons. The van der Waals surface area contributed by atoms with Crippen molar-refractivity contribution in [2.45, 2.75) is 30.5 Å². The molecule has 6 aromatic rings. The summed E-state index contributed by atoms with van der Waals surface area (Å²) in [5.41, 5.74) is 4.90. The summed E-state index contributed by atoms with van der Waals surface area (Å²) in [7, 11) is 0. The Kier molecular flexibility index (Phi) is 10.1. The molecule has 0 radical (unpaired) electrons. The predicted octanol–water partition coefficient (Wildman–Crippen LogP) is 9.11. The number of fused-ring (bicyclic) bond motifs is 3. The molecule has 6 rings (SSSR count). The highest BCUT2D eigenvalue weighted by Gasteiger charge is 2.18. The average Bonchev–Trinajstić information content (AvgIpc) is 3.42. The number of amides is 3. The number of para-hydroxylation sites is 1. The Morgan fingerprint density at radius 2 is 1.48 bits per heavy atom. The third kappa shape index (κ3) is 7.54. The molecule has 9 heteroatoms. The number of aromatic nitrogens is 1. The first kappa shape index (κ1) is 32.8. The molecular formula is C39H33BrN4O3S. The Morgan fingerprint density at radius 1 is 0.771 bits per heavy atom. The van der Waals surface area contributed by atoms with Gasteiger partial charge in [0.2, 0.25) is 5.91 Å². The molecule has 1 aromatic heterocycles. The summed E-state index contributed by atoms with van der Waals surface area (Å²) in [4.78, 5) is 40.4. The summed E-state index contributed by atoms with van der Waals surface area (Å²) >= 11 is 4.88. The number of hydrogen-bond donors (Lipinski definition) is 3. The second kappa shape index (κ2) is 14.8. The Balaban J connectivity index is 1.11. The van der Waals surface area contributed by atoms with Gasteiger partial charge >= 0.3 is 0 Å². The number of aryl methyl sites for hydroxylation is 1. The van der Waals surface area contributed by atoms with Crippen LogP contribution in [0.25, 0.3) is 27.9 Å². The van der Waals surface area contributed by atoms with Crippen molar-refractivity contribution in [1.29, 1.82) is 0 Å². The topological polar surface area (TPSA) is 92.2 Å². The number of carbonyl (C=O) groups is 3. The van der Waals surface area contributed by atoms with Crippen LogP contribution in [-0.2, 0) is 16.1 Å². The molecule has 0 aliphatic rings. The fraction of sp³-hybridized carbons (Fsp3) is 0.103. The van der Waals surface area contributed by atoms with Gasteiger partial charge < -0.3 is 20.5 Å². The molecule has 3 amide bonds. The lowest BCUT2D eigenvalue weighted by Crippen LogP contribution is -2.30. The Hall–Kier alpha value is -5.12. The molecule has 0 saturated heterocycles. The van der Waals surface area contributed by atoms with Gasteiger partial charge in [-0.15, -0.1) is 11.8 Å². The van der Waals surface area contributed by atoms with Crippen LogP contribution in [0.3, 0.4) is 0 Å². The van der Waals surface area contributed by atoms with E-state index in [1.165, 1.54) is 17.3 Å². The van der Waals surface area contributed by atoms with Gasteiger partial charge in [0, 0.05) is 54.7 Å². The number of benzene rings is 5. The van der Waals surface area contributed by atoms with Gasteiger partial charge in [-0.25, -0.2) is 0 Å². The molecule has 0 fully saturated rings. The van der Waals surface area contributed by atoms with E-state index in [1.54, 1.807) is 42.5 Å². The highest BCUT2D eigenvalue weighted by atomic mass is 79.9. The normalized spacial score (nSPS) is 12.1. The lowest BCUT2D eigenvalue weighted by molar-refractivity contribution is -0.115. The number of halogens is 1. The van der Waals surface area contributed by atoms with Gasteiger partial charge in [-0.05, 0) is 98.3 Å². The van der Waals surface area contributed by atoms with E-state index in [0.29, 0.717) is 11.3 Å². The third-order valence-electron chi connectivity index (χ3n) is 7.84. The van der Waals surface area contributed by atoms with Crippen LogP contribution >= 0.6 is 27.7 Å². The number of thioether (sulfide) groups is 1. The zero-order valence-corrected chi connectivity index (χ0v) is 28.8. The molecule has 1 unspecified atom stereocenters. The first-order chi connectivity index (χ1) is 23.3. The minimum Gasteiger partial charge on any atom is -0.341 e. The molecule has 0 saturated carbocycles. The molecule has 48 heavy (non-hydrogen) atoms. The maximum Gasteiger partial charge on any atom is 0.272 e. The number of nitrogens with one attached hydrogen (secondary N) is 3. The first-order valence-electron chi connectivity index (χ1n) is 15.5. The minimum absolute atomic E-state index is 0.100. The van der Waals surface area contributed by atoms with E-state index in [1.807, 2.05) is 73.7 Å². The fourth-order valence-electron chi connectivity index (χ4n) is 5.49. The van der Waals surface area contributed by atoms with Crippen molar-refractivity contribution in [1.82, 2.24) is 9.88 Å². The summed E-state index contributed by atoms with van der Waals surface area (Å²) in [6.07, 6.45) is 1.63. The van der Waals surface area contributed by atoms with E-state index in [9.17, 15) is 14.4 Å². The largest absolute Gasteiger partial charge is 0.341 e. The van der Waals surface area contributed by atoms with Gasteiger partial charge in [0.15, 0.2) is 0 Å². The van der Waals surface area contributed by atoms with Gasteiger partial charge in [0.25, 0.3) is 11.8 Å². The molecule has 0 spiro atoms. The molecule has 5 aromatic carbocycles. The van der Waals surface area contributed by atoms with E-state index in [4.69, 9.17) is 0 Å². The van der Waals surface area contributed by atoms with Crippen LogP contribution in [0.15, 0.2) is 136 Å². The van der Waals surface area contributed by atoms with Crippen molar-refractivity contribution >= 4 is 84.7 Å². The smallest absolute Gasteiger partial charge is 0.272 e. The lowest BCUT2D eigenvalue weighted by atomic mass is 10.1. The summed E-state index contributed by atoms with van der Waals surface area (Å²) in [6.45, 7) is 4.86. The van der Waals surface area contributed by atoms with E-state index >= 15 is 0 Å². The van der Waals surface area contributed by atoms with E-state index < -0.39 is 11.8 Å². The van der Waals surface area contributed by atoms with Gasteiger partial charge in [0.1, 0.15) is 5.70 Å². The third-order valence-corrected chi connectivity index (χ3v) is 9.44. The highest BCUT2D eigenvalue weighted by Crippen LogP contribution is 2.32. The van der Waals surface area contributed by atoms with Crippen molar-refractivity contribution in [2.75, 3.05) is 10.6 Å². The van der Waals surface area contributed by atoms with Gasteiger partial charge in [-0.3, -0.25) is 14.4 Å². The van der Waals surface area contributed by atoms with Crippen LogP contribution in [0.4, 0.5) is 11.4 Å². The second-order valence-electron chi connectivity index (χ2n) is 11.2. The van der Waals surface area contributed by atoms with Crippen LogP contribution in [-0.4, -0.2) is 27.5 Å². The van der Waals surface area contributed by atoms with Crippen molar-refractivity contribution < 1.29 is 14.4 Å². The van der Waals surface area contributed by atoms with Crippen LogP contribution in [0.1, 0.15) is 29.8 Å². The number of hydrogen-bond acceptors (Lipinski definition) is 4. The van der Waals surface area contributed by atoms with Gasteiger partial charge in [0.05, 0.1) is 5.25 Å². The second-order valence-corrected chi connectivity index (χ2v) is 13.5. The number of nitrogens with zero attached hydrogens (tertiary/aromatic N) is 1. The SMILES string of the molecule is CCn1c2ccccc2c2cc(NC(=O)C(C)Sc3ccc(NC(=O)/C(=C/c4cccc(Br)c4)NC(=O)c4ccccc4)cc3)ccc21. The summed E-state index contributed by atoms with van der Waals surface area (Å²) in [6, 6.07) is 37.8. The number of rotatable bonds is 10. The summed E-state index contributed by atoms with van der Waals surface area (Å²) in [5.74, 6) is -0.961. The van der Waals surface area contributed by atoms with Crippen molar-refractivity contribution in [3.63, 3.8) is 0 Å². The molecule has 3 N–H and O–H groups in total. The van der Waals surface area contributed by atoms with Crippen molar-refractivity contribution in [3.05, 3.63) is 143 Å². The maximum absolute atomic E-state index is 13.4. The van der Waals surface area contributed by atoms with Crippen LogP contribution in [0, 0.1) is 0 Å². The number of anilines is 2. The molecule has 7 nitrogen and oxygen atoms in total. The average molecular weight is 718 g/mol. The molecule has 0 aliphatic carbocycles. The van der Waals surface area contributed by atoms with Gasteiger partial charge in [-0.1, -0.05) is 64.5 Å². The Bertz CT molecular complexity index is 2160. The molecule has 1 atom stereocenters. The van der Waals surface area contributed by atoms with E-state index in [-0.39, 0.29) is 16.9 Å². The molecule has 0 aliphatic heterocycles. The molecule has 1 heterocycles. The standard InChI is InChI=1S/C39H33BrN4O3S/c1-3-44-35-15-8-7-14-32(35)33-24-30(18-21-36(33)44)42-37(45)25(2)48-31-19-16-29(17-20-31)41-39(47)34(23-26-10-9-13-28(40)22-26)43-38(46)27-11-5-4-6-12-27/h4-25H,3H2,1-2H3,(H,41,47)(H,42,45)(H,43,46)/b34-23-. The lowest BCUT2D eigenvalue weighted by Gasteiger charge is -2.14. The summed E-state index contributed by atoms with van der Waals surface area (Å²) in [5, 5.41) is 10.6.